The van der Waals surface area contributed by atoms with E-state index in [0.29, 0.717) is 17.4 Å². The average molecular weight is 261 g/mol. The van der Waals surface area contributed by atoms with Crippen molar-refractivity contribution in [3.63, 3.8) is 0 Å². The van der Waals surface area contributed by atoms with Gasteiger partial charge in [-0.2, -0.15) is 4.31 Å². The summed E-state index contributed by atoms with van der Waals surface area (Å²) in [7, 11) is -3.33. The summed E-state index contributed by atoms with van der Waals surface area (Å²) >= 11 is 1.26. The lowest BCUT2D eigenvalue weighted by Gasteiger charge is -2.36. The zero-order valence-corrected chi connectivity index (χ0v) is 10.9. The van der Waals surface area contributed by atoms with E-state index in [1.807, 2.05) is 13.8 Å². The molecule has 0 aliphatic carbocycles. The molecule has 1 saturated heterocycles. The van der Waals surface area contributed by atoms with Crippen LogP contribution in [0, 0.1) is 0 Å². The van der Waals surface area contributed by atoms with Crippen molar-refractivity contribution in [2.24, 2.45) is 0 Å². The summed E-state index contributed by atoms with van der Waals surface area (Å²) in [5.41, 5.74) is 0. The Morgan fingerprint density at radius 2 is 2.25 bits per heavy atom. The normalized spacial score (nSPS) is 28.1. The fraction of sp³-hybridized carbons (Fsp3) is 0.600. The van der Waals surface area contributed by atoms with Crippen LogP contribution in [0.1, 0.15) is 13.8 Å². The van der Waals surface area contributed by atoms with E-state index < -0.39 is 10.0 Å². The lowest BCUT2D eigenvalue weighted by atomic mass is 10.2. The third-order valence-corrected chi connectivity index (χ3v) is 6.24. The van der Waals surface area contributed by atoms with Crippen molar-refractivity contribution in [2.75, 3.05) is 13.2 Å². The molecule has 0 amide bonds. The summed E-state index contributed by atoms with van der Waals surface area (Å²) in [5.74, 6) is 0. The highest BCUT2D eigenvalue weighted by molar-refractivity contribution is 7.91. The van der Waals surface area contributed by atoms with Gasteiger partial charge >= 0.3 is 0 Å². The fourth-order valence-electron chi connectivity index (χ4n) is 1.77. The van der Waals surface area contributed by atoms with E-state index in [1.54, 1.807) is 17.5 Å². The molecule has 2 unspecified atom stereocenters. The molecule has 1 aromatic rings. The Balaban J connectivity index is 2.30. The summed E-state index contributed by atoms with van der Waals surface area (Å²) in [6.07, 6.45) is -0.0523. The highest BCUT2D eigenvalue weighted by Gasteiger charge is 2.35. The molecule has 0 N–H and O–H groups in total. The Morgan fingerprint density at radius 1 is 1.50 bits per heavy atom. The van der Waals surface area contributed by atoms with Gasteiger partial charge in [0, 0.05) is 12.6 Å². The molecule has 1 aliphatic rings. The number of ether oxygens (including phenoxy) is 1. The molecule has 16 heavy (non-hydrogen) atoms. The Morgan fingerprint density at radius 3 is 2.88 bits per heavy atom. The van der Waals surface area contributed by atoms with Crippen LogP contribution in [-0.4, -0.2) is 38.0 Å². The average Bonchev–Trinajstić information content (AvgIpc) is 2.75. The molecule has 2 atom stereocenters. The van der Waals surface area contributed by atoms with E-state index in [2.05, 4.69) is 0 Å². The molecular formula is C10H15NO3S2. The molecule has 4 nitrogen and oxygen atoms in total. The van der Waals surface area contributed by atoms with Crippen molar-refractivity contribution >= 4 is 21.4 Å². The van der Waals surface area contributed by atoms with Crippen LogP contribution in [0.4, 0.5) is 0 Å². The molecule has 1 aliphatic heterocycles. The summed E-state index contributed by atoms with van der Waals surface area (Å²) in [6, 6.07) is 3.29. The van der Waals surface area contributed by atoms with Crippen LogP contribution < -0.4 is 0 Å². The van der Waals surface area contributed by atoms with Crippen LogP contribution in [0.15, 0.2) is 21.7 Å². The van der Waals surface area contributed by atoms with Crippen LogP contribution in [-0.2, 0) is 14.8 Å². The Labute approximate surface area is 99.9 Å². The van der Waals surface area contributed by atoms with Gasteiger partial charge < -0.3 is 4.74 Å². The van der Waals surface area contributed by atoms with Crippen molar-refractivity contribution in [1.82, 2.24) is 4.31 Å². The maximum Gasteiger partial charge on any atom is 0.252 e. The van der Waals surface area contributed by atoms with E-state index in [9.17, 15) is 8.42 Å². The zero-order valence-electron chi connectivity index (χ0n) is 9.29. The van der Waals surface area contributed by atoms with Gasteiger partial charge in [0.1, 0.15) is 4.21 Å². The molecule has 0 spiro atoms. The highest BCUT2D eigenvalue weighted by atomic mass is 32.2. The second kappa shape index (κ2) is 4.44. The van der Waals surface area contributed by atoms with Gasteiger partial charge in [0.2, 0.25) is 0 Å². The number of rotatable bonds is 2. The fourth-order valence-corrected chi connectivity index (χ4v) is 4.56. The molecule has 0 bridgehead atoms. The minimum Gasteiger partial charge on any atom is -0.375 e. The van der Waals surface area contributed by atoms with Crippen LogP contribution in [0.3, 0.4) is 0 Å². The predicted octanol–water partition coefficient (Wildman–Crippen LogP) is 1.55. The molecule has 1 aromatic heterocycles. The van der Waals surface area contributed by atoms with Gasteiger partial charge in [0.05, 0.1) is 12.7 Å². The second-order valence-electron chi connectivity index (χ2n) is 3.86. The first-order valence-electron chi connectivity index (χ1n) is 5.20. The van der Waals surface area contributed by atoms with Crippen molar-refractivity contribution < 1.29 is 13.2 Å². The van der Waals surface area contributed by atoms with Gasteiger partial charge in [-0.1, -0.05) is 6.07 Å². The number of hydrogen-bond donors (Lipinski definition) is 0. The maximum absolute atomic E-state index is 12.3. The summed E-state index contributed by atoms with van der Waals surface area (Å²) in [5, 5.41) is 1.78. The van der Waals surface area contributed by atoms with Gasteiger partial charge in [0.15, 0.2) is 0 Å². The lowest BCUT2D eigenvalue weighted by molar-refractivity contribution is -0.0231. The standard InChI is InChI=1S/C10H15NO3S2/c1-8-9(2)14-6-5-11(8)16(12,13)10-4-3-7-15-10/h3-4,7-9H,5-6H2,1-2H3. The van der Waals surface area contributed by atoms with E-state index in [-0.39, 0.29) is 12.1 Å². The van der Waals surface area contributed by atoms with Gasteiger partial charge in [-0.15, -0.1) is 11.3 Å². The SMILES string of the molecule is CC1OCCN(S(=O)(=O)c2cccs2)C1C. The minimum atomic E-state index is -3.33. The quantitative estimate of drug-likeness (QED) is 0.811. The molecular weight excluding hydrogens is 246 g/mol. The third kappa shape index (κ3) is 2.02. The molecule has 2 rings (SSSR count). The van der Waals surface area contributed by atoms with Gasteiger partial charge in [0.25, 0.3) is 10.0 Å². The number of hydrogen-bond acceptors (Lipinski definition) is 4. The first-order chi connectivity index (χ1) is 7.53. The Bertz CT molecular complexity index is 441. The molecule has 0 aromatic carbocycles. The number of nitrogens with zero attached hydrogens (tertiary/aromatic N) is 1. The molecule has 0 saturated carbocycles. The van der Waals surface area contributed by atoms with Crippen molar-refractivity contribution in [3.05, 3.63) is 17.5 Å². The maximum atomic E-state index is 12.3. The van der Waals surface area contributed by atoms with Crippen molar-refractivity contribution in [3.8, 4) is 0 Å². The monoisotopic (exact) mass is 261 g/mol. The second-order valence-corrected chi connectivity index (χ2v) is 6.93. The van der Waals surface area contributed by atoms with Crippen molar-refractivity contribution in [2.45, 2.75) is 30.2 Å². The molecule has 6 heteroatoms. The van der Waals surface area contributed by atoms with Crippen LogP contribution in [0.2, 0.25) is 0 Å². The Hall–Kier alpha value is -0.430. The summed E-state index contributed by atoms with van der Waals surface area (Å²) in [6.45, 7) is 4.69. The van der Waals surface area contributed by atoms with Gasteiger partial charge in [-0.3, -0.25) is 0 Å². The third-order valence-electron chi connectivity index (χ3n) is 2.88. The van der Waals surface area contributed by atoms with Crippen molar-refractivity contribution in [1.29, 1.82) is 0 Å². The van der Waals surface area contributed by atoms with Gasteiger partial charge in [-0.25, -0.2) is 8.42 Å². The first kappa shape index (κ1) is 12.0. The summed E-state index contributed by atoms with van der Waals surface area (Å²) < 4.78 is 31.9. The van der Waals surface area contributed by atoms with E-state index in [0.717, 1.165) is 0 Å². The highest BCUT2D eigenvalue weighted by Crippen LogP contribution is 2.25. The molecule has 1 fully saturated rings. The van der Waals surface area contributed by atoms with Crippen LogP contribution >= 0.6 is 11.3 Å². The molecule has 90 valence electrons. The number of sulfonamides is 1. The lowest BCUT2D eigenvalue weighted by Crippen LogP contribution is -2.50. The number of morpholine rings is 1. The van der Waals surface area contributed by atoms with E-state index in [1.165, 1.54) is 15.6 Å². The van der Waals surface area contributed by atoms with Gasteiger partial charge in [-0.05, 0) is 25.3 Å². The predicted molar refractivity (Wildman–Crippen MR) is 63.1 cm³/mol. The first-order valence-corrected chi connectivity index (χ1v) is 7.52. The largest absolute Gasteiger partial charge is 0.375 e. The zero-order chi connectivity index (χ0) is 11.8. The molecule has 2 heterocycles. The smallest absolute Gasteiger partial charge is 0.252 e. The number of thiophene rings is 1. The van der Waals surface area contributed by atoms with Crippen LogP contribution in [0.25, 0.3) is 0 Å². The van der Waals surface area contributed by atoms with E-state index in [4.69, 9.17) is 4.74 Å². The van der Waals surface area contributed by atoms with Crippen LogP contribution in [0.5, 0.6) is 0 Å². The minimum absolute atomic E-state index is 0.0523. The molecule has 0 radical (unpaired) electrons. The summed E-state index contributed by atoms with van der Waals surface area (Å²) in [4.78, 5) is 0. The topological polar surface area (TPSA) is 46.6 Å². The Kier molecular flexibility index (Phi) is 3.34. The van der Waals surface area contributed by atoms with E-state index >= 15 is 0 Å².